The Labute approximate surface area is 75.7 Å². The predicted octanol–water partition coefficient (Wildman–Crippen LogP) is 2.73. The fraction of sp³-hybridized carbons (Fsp3) is 1.00. The average molecular weight is 178 g/mol. The summed E-state index contributed by atoms with van der Waals surface area (Å²) in [6.07, 6.45) is 2.51. The molecule has 0 N–H and O–H groups in total. The lowest BCUT2D eigenvalue weighted by Gasteiger charge is -2.29. The molecule has 2 unspecified atom stereocenters. The molecule has 0 saturated carbocycles. The van der Waals surface area contributed by atoms with Crippen LogP contribution in [0.2, 0.25) is 0 Å². The molecule has 11 heavy (non-hydrogen) atoms. The molecule has 0 aliphatic heterocycles. The first kappa shape index (κ1) is 11.2. The number of hydrogen-bond donors (Lipinski definition) is 0. The van der Waals surface area contributed by atoms with Gasteiger partial charge in [-0.1, -0.05) is 13.3 Å². The van der Waals surface area contributed by atoms with E-state index in [1.54, 1.807) is 0 Å². The Balaban J connectivity index is 3.70. The van der Waals surface area contributed by atoms with E-state index < -0.39 is 0 Å². The molecule has 0 aromatic carbocycles. The number of alkyl halides is 1. The van der Waals surface area contributed by atoms with Crippen molar-refractivity contribution in [3.63, 3.8) is 0 Å². The van der Waals surface area contributed by atoms with Gasteiger partial charge in [0.2, 0.25) is 0 Å². The lowest BCUT2D eigenvalue weighted by atomic mass is 10.1. The zero-order valence-electron chi connectivity index (χ0n) is 8.10. The molecular formula is C9H20ClN. The molecule has 0 aliphatic rings. The van der Waals surface area contributed by atoms with Crippen LogP contribution < -0.4 is 0 Å². The molecule has 0 radical (unpaired) electrons. The minimum Gasteiger partial charge on any atom is -0.300 e. The quantitative estimate of drug-likeness (QED) is 0.584. The van der Waals surface area contributed by atoms with Crippen LogP contribution in [0.15, 0.2) is 0 Å². The molecule has 0 heterocycles. The monoisotopic (exact) mass is 177 g/mol. The van der Waals surface area contributed by atoms with Crippen molar-refractivity contribution < 1.29 is 0 Å². The molecule has 0 rings (SSSR count). The van der Waals surface area contributed by atoms with E-state index in [9.17, 15) is 0 Å². The maximum Gasteiger partial charge on any atom is 0.0376 e. The minimum absolute atomic E-state index is 0.498. The molecular weight excluding hydrogens is 158 g/mol. The van der Waals surface area contributed by atoms with Gasteiger partial charge in [0.15, 0.2) is 0 Å². The summed E-state index contributed by atoms with van der Waals surface area (Å²) in [4.78, 5) is 2.34. The minimum atomic E-state index is 0.498. The van der Waals surface area contributed by atoms with Crippen LogP contribution in [0, 0.1) is 0 Å². The molecule has 1 nitrogen and oxygen atoms in total. The van der Waals surface area contributed by atoms with E-state index in [2.05, 4.69) is 32.7 Å². The number of hydrogen-bond acceptors (Lipinski definition) is 1. The van der Waals surface area contributed by atoms with Crippen LogP contribution in [-0.4, -0.2) is 29.9 Å². The van der Waals surface area contributed by atoms with Crippen molar-refractivity contribution in [2.24, 2.45) is 0 Å². The molecule has 0 bridgehead atoms. The predicted molar refractivity (Wildman–Crippen MR) is 52.3 cm³/mol. The third-order valence-corrected chi connectivity index (χ3v) is 2.77. The standard InChI is InChI=1S/C9H20ClN/c1-5-6-8(2)11(4)9(3)7-10/h8-9H,5-7H2,1-4H3. The second-order valence-electron chi connectivity index (χ2n) is 3.31. The summed E-state index contributed by atoms with van der Waals surface area (Å²) in [5, 5.41) is 0. The largest absolute Gasteiger partial charge is 0.300 e. The molecule has 2 heteroatoms. The summed E-state index contributed by atoms with van der Waals surface area (Å²) in [5.41, 5.74) is 0. The van der Waals surface area contributed by atoms with Crippen molar-refractivity contribution in [1.29, 1.82) is 0 Å². The van der Waals surface area contributed by atoms with Crippen LogP contribution in [0.25, 0.3) is 0 Å². The van der Waals surface area contributed by atoms with E-state index in [1.165, 1.54) is 12.8 Å². The second-order valence-corrected chi connectivity index (χ2v) is 3.62. The lowest BCUT2D eigenvalue weighted by Crippen LogP contribution is -2.37. The summed E-state index contributed by atoms with van der Waals surface area (Å²) in [6, 6.07) is 1.16. The fourth-order valence-electron chi connectivity index (χ4n) is 1.16. The third kappa shape index (κ3) is 3.97. The van der Waals surface area contributed by atoms with Crippen molar-refractivity contribution in [3.05, 3.63) is 0 Å². The zero-order chi connectivity index (χ0) is 8.85. The van der Waals surface area contributed by atoms with Gasteiger partial charge in [0.05, 0.1) is 0 Å². The van der Waals surface area contributed by atoms with Crippen LogP contribution in [0.4, 0.5) is 0 Å². The number of nitrogens with zero attached hydrogens (tertiary/aromatic N) is 1. The number of halogens is 1. The highest BCUT2D eigenvalue weighted by atomic mass is 35.5. The Hall–Kier alpha value is 0.250. The van der Waals surface area contributed by atoms with Gasteiger partial charge in [-0.25, -0.2) is 0 Å². The SMILES string of the molecule is CCCC(C)N(C)C(C)CCl. The normalized spacial score (nSPS) is 16.9. The van der Waals surface area contributed by atoms with Gasteiger partial charge < -0.3 is 0 Å². The first-order chi connectivity index (χ1) is 5.13. The van der Waals surface area contributed by atoms with E-state index in [1.807, 2.05) is 0 Å². The molecule has 2 atom stereocenters. The van der Waals surface area contributed by atoms with Crippen molar-refractivity contribution >= 4 is 11.6 Å². The first-order valence-electron chi connectivity index (χ1n) is 4.41. The summed E-state index contributed by atoms with van der Waals surface area (Å²) in [6.45, 7) is 6.64. The second kappa shape index (κ2) is 5.84. The molecule has 0 amide bonds. The molecule has 0 spiro atoms. The highest BCUT2D eigenvalue weighted by Crippen LogP contribution is 2.08. The smallest absolute Gasteiger partial charge is 0.0376 e. The van der Waals surface area contributed by atoms with Gasteiger partial charge >= 0.3 is 0 Å². The van der Waals surface area contributed by atoms with E-state index in [0.717, 1.165) is 5.88 Å². The fourth-order valence-corrected chi connectivity index (χ4v) is 1.38. The van der Waals surface area contributed by atoms with Crippen molar-refractivity contribution in [3.8, 4) is 0 Å². The summed E-state index contributed by atoms with van der Waals surface area (Å²) in [5.74, 6) is 0.727. The van der Waals surface area contributed by atoms with Crippen LogP contribution in [0.3, 0.4) is 0 Å². The Morgan fingerprint density at radius 3 is 2.18 bits per heavy atom. The Bertz CT molecular complexity index is 95.6. The van der Waals surface area contributed by atoms with Gasteiger partial charge in [0.1, 0.15) is 0 Å². The van der Waals surface area contributed by atoms with Gasteiger partial charge in [0, 0.05) is 18.0 Å². The van der Waals surface area contributed by atoms with Gasteiger partial charge in [-0.05, 0) is 27.3 Å². The maximum atomic E-state index is 5.75. The van der Waals surface area contributed by atoms with Crippen LogP contribution >= 0.6 is 11.6 Å². The molecule has 0 fully saturated rings. The molecule has 0 aromatic rings. The van der Waals surface area contributed by atoms with Gasteiger partial charge in [-0.2, -0.15) is 0 Å². The number of rotatable bonds is 5. The van der Waals surface area contributed by atoms with Gasteiger partial charge in [0.25, 0.3) is 0 Å². The van der Waals surface area contributed by atoms with Gasteiger partial charge in [-0.3, -0.25) is 4.90 Å². The summed E-state index contributed by atoms with van der Waals surface area (Å²) < 4.78 is 0. The van der Waals surface area contributed by atoms with Gasteiger partial charge in [-0.15, -0.1) is 11.6 Å². The van der Waals surface area contributed by atoms with E-state index in [4.69, 9.17) is 11.6 Å². The summed E-state index contributed by atoms with van der Waals surface area (Å²) in [7, 11) is 2.15. The van der Waals surface area contributed by atoms with E-state index >= 15 is 0 Å². The van der Waals surface area contributed by atoms with Crippen molar-refractivity contribution in [1.82, 2.24) is 4.90 Å². The first-order valence-corrected chi connectivity index (χ1v) is 4.94. The average Bonchev–Trinajstić information content (AvgIpc) is 2.02. The van der Waals surface area contributed by atoms with Crippen molar-refractivity contribution in [2.45, 2.75) is 45.7 Å². The van der Waals surface area contributed by atoms with E-state index in [-0.39, 0.29) is 0 Å². The molecule has 0 saturated heterocycles. The maximum absolute atomic E-state index is 5.75. The van der Waals surface area contributed by atoms with Crippen LogP contribution in [-0.2, 0) is 0 Å². The van der Waals surface area contributed by atoms with Crippen LogP contribution in [0.1, 0.15) is 33.6 Å². The summed E-state index contributed by atoms with van der Waals surface area (Å²) >= 11 is 5.75. The highest BCUT2D eigenvalue weighted by Gasteiger charge is 2.13. The molecule has 68 valence electrons. The topological polar surface area (TPSA) is 3.24 Å². The third-order valence-electron chi connectivity index (χ3n) is 2.32. The van der Waals surface area contributed by atoms with Crippen LogP contribution in [0.5, 0.6) is 0 Å². The van der Waals surface area contributed by atoms with E-state index in [0.29, 0.717) is 12.1 Å². The molecule has 0 aliphatic carbocycles. The molecule has 0 aromatic heterocycles. The Kier molecular flexibility index (Phi) is 5.98. The lowest BCUT2D eigenvalue weighted by molar-refractivity contribution is 0.200. The highest BCUT2D eigenvalue weighted by molar-refractivity contribution is 6.18. The Morgan fingerprint density at radius 2 is 1.82 bits per heavy atom. The van der Waals surface area contributed by atoms with Crippen molar-refractivity contribution in [2.75, 3.05) is 12.9 Å². The zero-order valence-corrected chi connectivity index (χ0v) is 8.86. The Morgan fingerprint density at radius 1 is 1.27 bits per heavy atom.